The van der Waals surface area contributed by atoms with Gasteiger partial charge in [-0.2, -0.15) is 0 Å². The lowest BCUT2D eigenvalue weighted by Gasteiger charge is -2.34. The lowest BCUT2D eigenvalue weighted by Crippen LogP contribution is -2.48. The van der Waals surface area contributed by atoms with Crippen LogP contribution in [0.4, 0.5) is 10.5 Å². The minimum atomic E-state index is -0.239. The summed E-state index contributed by atoms with van der Waals surface area (Å²) in [6.07, 6.45) is 5.48. The largest absolute Gasteiger partial charge is 0.448 e. The van der Waals surface area contributed by atoms with E-state index in [4.69, 9.17) is 16.9 Å². The topological polar surface area (TPSA) is 58.8 Å². The number of fused-ring (bicyclic) bond motifs is 3. The predicted octanol–water partition coefficient (Wildman–Crippen LogP) is 4.93. The summed E-state index contributed by atoms with van der Waals surface area (Å²) >= 11 is 0. The molecule has 1 amide bonds. The molecular weight excluding hydrogens is 434 g/mol. The Bertz CT molecular complexity index is 1270. The molecule has 5 rings (SSSR count). The molecule has 2 N–H and O–H groups in total. The summed E-state index contributed by atoms with van der Waals surface area (Å²) in [6.45, 7) is 7.98. The van der Waals surface area contributed by atoms with Gasteiger partial charge in [-0.3, -0.25) is 4.90 Å². The maximum Gasteiger partial charge on any atom is 0.409 e. The zero-order valence-corrected chi connectivity index (χ0v) is 20.4. The van der Waals surface area contributed by atoms with Crippen molar-refractivity contribution in [1.82, 2.24) is 9.80 Å². The van der Waals surface area contributed by atoms with Crippen LogP contribution in [-0.2, 0) is 11.3 Å². The number of hydrogen-bond acceptors (Lipinski definition) is 4. The SMILES string of the molecule is C#Cc1c(C)c(N)cc(CN2CCN(C(=O)OCC3c4ccccc4-c4ccccc43)CC2)c1C. The molecule has 0 saturated carbocycles. The first-order chi connectivity index (χ1) is 17.0. The molecule has 0 aromatic heterocycles. The molecule has 2 aliphatic rings. The molecule has 1 heterocycles. The van der Waals surface area contributed by atoms with E-state index in [1.165, 1.54) is 22.3 Å². The third kappa shape index (κ3) is 4.26. The third-order valence-corrected chi connectivity index (χ3v) is 7.50. The van der Waals surface area contributed by atoms with Gasteiger partial charge in [-0.1, -0.05) is 54.5 Å². The van der Waals surface area contributed by atoms with Gasteiger partial charge < -0.3 is 15.4 Å². The second-order valence-electron chi connectivity index (χ2n) is 9.46. The van der Waals surface area contributed by atoms with E-state index < -0.39 is 0 Å². The number of nitrogens with two attached hydrogens (primary N) is 1. The van der Waals surface area contributed by atoms with Gasteiger partial charge in [0.1, 0.15) is 6.61 Å². The van der Waals surface area contributed by atoms with Gasteiger partial charge in [-0.15, -0.1) is 6.42 Å². The number of anilines is 1. The Balaban J connectivity index is 1.19. The normalized spacial score (nSPS) is 15.4. The summed E-state index contributed by atoms with van der Waals surface area (Å²) < 4.78 is 5.84. The zero-order valence-electron chi connectivity index (χ0n) is 20.4. The molecule has 0 unspecified atom stereocenters. The molecule has 3 aromatic rings. The van der Waals surface area contributed by atoms with Gasteiger partial charge in [0.05, 0.1) is 0 Å². The number of carbonyl (C=O) groups excluding carboxylic acids is 1. The number of terminal acetylenes is 1. The highest BCUT2D eigenvalue weighted by atomic mass is 16.6. The maximum atomic E-state index is 12.9. The van der Waals surface area contributed by atoms with Gasteiger partial charge in [-0.25, -0.2) is 4.79 Å². The van der Waals surface area contributed by atoms with Crippen molar-refractivity contribution in [2.45, 2.75) is 26.3 Å². The van der Waals surface area contributed by atoms with E-state index in [0.717, 1.165) is 47.6 Å². The minimum Gasteiger partial charge on any atom is -0.448 e. The standard InChI is InChI=1S/C30H31N3O2/c1-4-23-20(2)22(17-29(31)21(23)3)18-32-13-15-33(16-14-32)30(34)35-19-28-26-11-7-5-9-24(26)25-10-6-8-12-27(25)28/h1,5-12,17,28H,13-16,18-19,31H2,2-3H3. The van der Waals surface area contributed by atoms with E-state index >= 15 is 0 Å². The molecule has 0 bridgehead atoms. The van der Waals surface area contributed by atoms with Crippen LogP contribution in [-0.4, -0.2) is 48.7 Å². The van der Waals surface area contributed by atoms with E-state index in [0.29, 0.717) is 19.7 Å². The molecule has 5 nitrogen and oxygen atoms in total. The molecular formula is C30H31N3O2. The van der Waals surface area contributed by atoms with E-state index in [2.05, 4.69) is 66.3 Å². The van der Waals surface area contributed by atoms with Crippen LogP contribution in [0.25, 0.3) is 11.1 Å². The Labute approximate surface area is 207 Å². The zero-order chi connectivity index (χ0) is 24.5. The predicted molar refractivity (Wildman–Crippen MR) is 140 cm³/mol. The number of nitrogens with zero attached hydrogens (tertiary/aromatic N) is 2. The van der Waals surface area contributed by atoms with Crippen molar-refractivity contribution in [2.75, 3.05) is 38.5 Å². The van der Waals surface area contributed by atoms with Crippen LogP contribution >= 0.6 is 0 Å². The summed E-state index contributed by atoms with van der Waals surface area (Å²) in [5.41, 5.74) is 16.0. The van der Waals surface area contributed by atoms with Crippen molar-refractivity contribution >= 4 is 11.8 Å². The summed E-state index contributed by atoms with van der Waals surface area (Å²) in [5, 5.41) is 0. The maximum absolute atomic E-state index is 12.9. The van der Waals surface area contributed by atoms with Crippen LogP contribution < -0.4 is 5.73 Å². The van der Waals surface area contributed by atoms with Crippen LogP contribution in [0, 0.1) is 26.2 Å². The second-order valence-corrected chi connectivity index (χ2v) is 9.46. The highest BCUT2D eigenvalue weighted by Crippen LogP contribution is 2.44. The fourth-order valence-corrected chi connectivity index (χ4v) is 5.39. The first-order valence-corrected chi connectivity index (χ1v) is 12.2. The number of piperazine rings is 1. The number of carbonyl (C=O) groups is 1. The van der Waals surface area contributed by atoms with Crippen LogP contribution in [0.1, 0.15) is 39.3 Å². The van der Waals surface area contributed by atoms with E-state index in [1.54, 1.807) is 0 Å². The monoisotopic (exact) mass is 465 g/mol. The summed E-state index contributed by atoms with van der Waals surface area (Å²) in [4.78, 5) is 17.1. The molecule has 0 spiro atoms. The van der Waals surface area contributed by atoms with Crippen molar-refractivity contribution < 1.29 is 9.53 Å². The van der Waals surface area contributed by atoms with Crippen LogP contribution in [0.5, 0.6) is 0 Å². The van der Waals surface area contributed by atoms with Gasteiger partial charge in [0.2, 0.25) is 0 Å². The number of rotatable bonds is 4. The van der Waals surface area contributed by atoms with Crippen LogP contribution in [0.2, 0.25) is 0 Å². The van der Waals surface area contributed by atoms with Crippen molar-refractivity contribution in [1.29, 1.82) is 0 Å². The molecule has 3 aromatic carbocycles. The van der Waals surface area contributed by atoms with Gasteiger partial charge >= 0.3 is 6.09 Å². The van der Waals surface area contributed by atoms with Crippen molar-refractivity contribution in [3.63, 3.8) is 0 Å². The van der Waals surface area contributed by atoms with Crippen LogP contribution in [0.15, 0.2) is 54.6 Å². The van der Waals surface area contributed by atoms with Crippen LogP contribution in [0.3, 0.4) is 0 Å². The quantitative estimate of drug-likeness (QED) is 0.438. The van der Waals surface area contributed by atoms with Crippen molar-refractivity contribution in [2.24, 2.45) is 0 Å². The number of nitrogen functional groups attached to an aromatic ring is 1. The summed E-state index contributed by atoms with van der Waals surface area (Å²) in [5.74, 6) is 2.86. The fraction of sp³-hybridized carbons (Fsp3) is 0.300. The Morgan fingerprint density at radius 2 is 1.60 bits per heavy atom. The van der Waals surface area contributed by atoms with Gasteiger partial charge in [0.15, 0.2) is 0 Å². The Kier molecular flexibility index (Phi) is 6.23. The Morgan fingerprint density at radius 1 is 1.00 bits per heavy atom. The molecule has 1 aliphatic carbocycles. The lowest BCUT2D eigenvalue weighted by atomic mass is 9.96. The molecule has 1 aliphatic heterocycles. The number of amides is 1. The highest BCUT2D eigenvalue weighted by Gasteiger charge is 2.30. The molecule has 35 heavy (non-hydrogen) atoms. The van der Waals surface area contributed by atoms with Crippen molar-refractivity contribution in [3.05, 3.63) is 88.0 Å². The molecule has 5 heteroatoms. The third-order valence-electron chi connectivity index (χ3n) is 7.50. The van der Waals surface area contributed by atoms with E-state index in [1.807, 2.05) is 17.9 Å². The molecule has 0 radical (unpaired) electrons. The number of benzene rings is 3. The Morgan fingerprint density at radius 3 is 2.20 bits per heavy atom. The summed E-state index contributed by atoms with van der Waals surface area (Å²) in [6, 6.07) is 18.8. The molecule has 1 fully saturated rings. The van der Waals surface area contributed by atoms with E-state index in [9.17, 15) is 4.79 Å². The van der Waals surface area contributed by atoms with Gasteiger partial charge in [-0.05, 0) is 58.9 Å². The first kappa shape index (κ1) is 23.0. The fourth-order valence-electron chi connectivity index (χ4n) is 5.39. The van der Waals surface area contributed by atoms with E-state index in [-0.39, 0.29) is 12.0 Å². The average molecular weight is 466 g/mol. The molecule has 0 atom stereocenters. The average Bonchev–Trinajstić information content (AvgIpc) is 3.20. The number of ether oxygens (including phenoxy) is 1. The highest BCUT2D eigenvalue weighted by molar-refractivity contribution is 5.79. The summed E-state index contributed by atoms with van der Waals surface area (Å²) in [7, 11) is 0. The second kappa shape index (κ2) is 9.48. The van der Waals surface area contributed by atoms with Crippen molar-refractivity contribution in [3.8, 4) is 23.5 Å². The smallest absolute Gasteiger partial charge is 0.409 e. The molecule has 1 saturated heterocycles. The minimum absolute atomic E-state index is 0.0768. The molecule has 178 valence electrons. The van der Waals surface area contributed by atoms with Gasteiger partial charge in [0.25, 0.3) is 0 Å². The number of hydrogen-bond donors (Lipinski definition) is 1. The Hall–Kier alpha value is -3.75. The first-order valence-electron chi connectivity index (χ1n) is 12.2. The van der Waals surface area contributed by atoms with Gasteiger partial charge in [0, 0.05) is 49.9 Å². The lowest BCUT2D eigenvalue weighted by molar-refractivity contribution is 0.0728.